The fourth-order valence-corrected chi connectivity index (χ4v) is 0.702. The molecule has 62 valence electrons. The fourth-order valence-electron chi connectivity index (χ4n) is 0.702. The predicted octanol–water partition coefficient (Wildman–Crippen LogP) is 0.302. The summed E-state index contributed by atoms with van der Waals surface area (Å²) in [5, 5.41) is 10.8. The van der Waals surface area contributed by atoms with Crippen LogP contribution in [0.4, 0.5) is 11.9 Å². The van der Waals surface area contributed by atoms with E-state index in [2.05, 4.69) is 20.5 Å². The first-order chi connectivity index (χ1) is 5.24. The van der Waals surface area contributed by atoms with Crippen LogP contribution in [0.3, 0.4) is 0 Å². The number of nitrogens with zero attached hydrogens (tertiary/aromatic N) is 3. The lowest BCUT2D eigenvalue weighted by Gasteiger charge is -2.04. The minimum absolute atomic E-state index is 0.719. The highest BCUT2D eigenvalue weighted by molar-refractivity contribution is 5.34. The molecule has 2 N–H and O–H groups in total. The van der Waals surface area contributed by atoms with E-state index in [1.165, 1.54) is 0 Å². The molecule has 0 aliphatic rings. The Balaban J connectivity index is 2.66. The third-order valence-electron chi connectivity index (χ3n) is 1.24. The van der Waals surface area contributed by atoms with Crippen molar-refractivity contribution in [2.45, 2.75) is 6.92 Å². The van der Waals surface area contributed by atoms with Gasteiger partial charge in [-0.2, -0.15) is 0 Å². The van der Waals surface area contributed by atoms with Crippen molar-refractivity contribution >= 4 is 11.9 Å². The summed E-state index contributed by atoms with van der Waals surface area (Å²) < 4.78 is 0. The minimum atomic E-state index is 0.719. The Morgan fingerprint density at radius 1 is 1.45 bits per heavy atom. The second-order valence-electron chi connectivity index (χ2n) is 2.42. The van der Waals surface area contributed by atoms with Gasteiger partial charge in [0.05, 0.1) is 0 Å². The minimum Gasteiger partial charge on any atom is -0.355 e. The van der Waals surface area contributed by atoms with Gasteiger partial charge in [0.2, 0.25) is 11.9 Å². The number of hydrogen-bond acceptors (Lipinski definition) is 4. The van der Waals surface area contributed by atoms with Crippen LogP contribution in [0.25, 0.3) is 0 Å². The molecule has 5 nitrogen and oxygen atoms in total. The Bertz CT molecular complexity index is 217. The van der Waals surface area contributed by atoms with E-state index in [4.69, 9.17) is 0 Å². The van der Waals surface area contributed by atoms with Gasteiger partial charge in [-0.25, -0.2) is 0 Å². The van der Waals surface area contributed by atoms with Crippen molar-refractivity contribution in [1.29, 1.82) is 0 Å². The van der Waals surface area contributed by atoms with Crippen LogP contribution >= 0.6 is 0 Å². The van der Waals surface area contributed by atoms with Gasteiger partial charge in [-0.3, -0.25) is 4.98 Å². The Labute approximate surface area is 65.8 Å². The molecule has 1 aromatic heterocycles. The van der Waals surface area contributed by atoms with Crippen molar-refractivity contribution in [2.24, 2.45) is 0 Å². The van der Waals surface area contributed by atoms with Crippen LogP contribution in [-0.2, 0) is 0 Å². The molecule has 0 atom stereocenters. The van der Waals surface area contributed by atoms with Crippen molar-refractivity contribution in [3.05, 3.63) is 0 Å². The quantitative estimate of drug-likeness (QED) is 0.659. The molecule has 0 aromatic carbocycles. The number of nitrogens with one attached hydrogen (secondary N) is 2. The smallest absolute Gasteiger partial charge is 0.225 e. The average Bonchev–Trinajstić information content (AvgIpc) is 2.37. The van der Waals surface area contributed by atoms with Gasteiger partial charge < -0.3 is 10.2 Å². The molecule has 0 aliphatic carbocycles. The van der Waals surface area contributed by atoms with Gasteiger partial charge in [-0.05, 0) is 6.92 Å². The van der Waals surface area contributed by atoms with E-state index in [-0.39, 0.29) is 0 Å². The predicted molar refractivity (Wildman–Crippen MR) is 44.9 cm³/mol. The fraction of sp³-hybridized carbons (Fsp3) is 0.667. The Morgan fingerprint density at radius 2 is 2.18 bits per heavy atom. The van der Waals surface area contributed by atoms with Crippen LogP contribution in [0.15, 0.2) is 0 Å². The zero-order valence-corrected chi connectivity index (χ0v) is 7.05. The Kier molecular flexibility index (Phi) is 2.30. The monoisotopic (exact) mass is 155 g/mol. The van der Waals surface area contributed by atoms with Gasteiger partial charge in [0.15, 0.2) is 0 Å². The van der Waals surface area contributed by atoms with Crippen molar-refractivity contribution in [2.75, 3.05) is 30.9 Å². The topological polar surface area (TPSA) is 56.8 Å². The van der Waals surface area contributed by atoms with E-state index in [1.807, 2.05) is 25.9 Å². The molecule has 0 unspecified atom stereocenters. The molecule has 0 spiro atoms. The third kappa shape index (κ3) is 1.83. The van der Waals surface area contributed by atoms with Crippen LogP contribution in [0.1, 0.15) is 6.92 Å². The number of aromatic amines is 1. The summed E-state index contributed by atoms with van der Waals surface area (Å²) in [5.41, 5.74) is 0. The van der Waals surface area contributed by atoms with Gasteiger partial charge in [0.25, 0.3) is 0 Å². The third-order valence-corrected chi connectivity index (χ3v) is 1.24. The van der Waals surface area contributed by atoms with Gasteiger partial charge in [-0.15, -0.1) is 10.2 Å². The van der Waals surface area contributed by atoms with E-state index < -0.39 is 0 Å². The molecule has 0 saturated heterocycles. The molecule has 1 heterocycles. The van der Waals surface area contributed by atoms with E-state index in [0.29, 0.717) is 0 Å². The highest BCUT2D eigenvalue weighted by atomic mass is 15.4. The lowest BCUT2D eigenvalue weighted by molar-refractivity contribution is 0.997. The van der Waals surface area contributed by atoms with Crippen LogP contribution in [-0.4, -0.2) is 35.8 Å². The second-order valence-corrected chi connectivity index (χ2v) is 2.42. The summed E-state index contributed by atoms with van der Waals surface area (Å²) in [5.74, 6) is 1.48. The molecular weight excluding hydrogens is 142 g/mol. The number of rotatable bonds is 3. The molecule has 0 radical (unpaired) electrons. The van der Waals surface area contributed by atoms with Crippen molar-refractivity contribution in [1.82, 2.24) is 15.2 Å². The van der Waals surface area contributed by atoms with Crippen LogP contribution < -0.4 is 10.2 Å². The van der Waals surface area contributed by atoms with Gasteiger partial charge in [-0.1, -0.05) is 0 Å². The van der Waals surface area contributed by atoms with E-state index in [1.54, 1.807) is 0 Å². The summed E-state index contributed by atoms with van der Waals surface area (Å²) in [6.45, 7) is 2.86. The van der Waals surface area contributed by atoms with E-state index in [0.717, 1.165) is 18.4 Å². The lowest BCUT2D eigenvalue weighted by atomic mass is 10.7. The summed E-state index contributed by atoms with van der Waals surface area (Å²) in [6, 6.07) is 0. The maximum absolute atomic E-state index is 3.89. The highest BCUT2D eigenvalue weighted by Gasteiger charge is 2.00. The number of H-pyrrole nitrogens is 1. The summed E-state index contributed by atoms with van der Waals surface area (Å²) >= 11 is 0. The maximum Gasteiger partial charge on any atom is 0.225 e. The molecule has 0 bridgehead atoms. The SMILES string of the molecule is CCNc1nnc(N(C)C)[nH]1. The summed E-state index contributed by atoms with van der Waals surface area (Å²) in [4.78, 5) is 4.88. The number of hydrogen-bond donors (Lipinski definition) is 2. The highest BCUT2D eigenvalue weighted by Crippen LogP contribution is 2.04. The summed E-state index contributed by atoms with van der Waals surface area (Å²) in [7, 11) is 3.83. The zero-order valence-electron chi connectivity index (χ0n) is 7.05. The first-order valence-electron chi connectivity index (χ1n) is 3.58. The average molecular weight is 155 g/mol. The standard InChI is InChI=1S/C6H13N5/c1-4-7-5-8-6(10-9-5)11(2)3/h4H2,1-3H3,(H2,7,8,9,10). The van der Waals surface area contributed by atoms with Crippen molar-refractivity contribution < 1.29 is 0 Å². The molecule has 0 saturated carbocycles. The molecule has 1 aromatic rings. The van der Waals surface area contributed by atoms with Crippen LogP contribution in [0.5, 0.6) is 0 Å². The molecule has 0 amide bonds. The van der Waals surface area contributed by atoms with Gasteiger partial charge >= 0.3 is 0 Å². The van der Waals surface area contributed by atoms with E-state index in [9.17, 15) is 0 Å². The lowest BCUT2D eigenvalue weighted by Crippen LogP contribution is -2.10. The van der Waals surface area contributed by atoms with Gasteiger partial charge in [0, 0.05) is 20.6 Å². The molecule has 5 heteroatoms. The Hall–Kier alpha value is -1.26. The van der Waals surface area contributed by atoms with E-state index >= 15 is 0 Å². The van der Waals surface area contributed by atoms with Crippen molar-refractivity contribution in [3.8, 4) is 0 Å². The van der Waals surface area contributed by atoms with Crippen LogP contribution in [0.2, 0.25) is 0 Å². The first-order valence-corrected chi connectivity index (χ1v) is 3.58. The van der Waals surface area contributed by atoms with Crippen LogP contribution in [0, 0.1) is 0 Å². The van der Waals surface area contributed by atoms with Crippen molar-refractivity contribution in [3.63, 3.8) is 0 Å². The Morgan fingerprint density at radius 3 is 2.64 bits per heavy atom. The number of anilines is 2. The van der Waals surface area contributed by atoms with Gasteiger partial charge in [0.1, 0.15) is 0 Å². The maximum atomic E-state index is 3.89. The summed E-state index contributed by atoms with van der Waals surface area (Å²) in [6.07, 6.45) is 0. The second kappa shape index (κ2) is 3.23. The molecular formula is C6H13N5. The number of aromatic nitrogens is 3. The normalized spacial score (nSPS) is 9.73. The molecule has 1 rings (SSSR count). The zero-order chi connectivity index (χ0) is 8.27. The molecule has 11 heavy (non-hydrogen) atoms. The largest absolute Gasteiger partial charge is 0.355 e. The molecule has 0 fully saturated rings. The first kappa shape index (κ1) is 7.84. The molecule has 0 aliphatic heterocycles.